The molecule has 78 valence electrons. The molecule has 0 aliphatic rings. The van der Waals surface area contributed by atoms with Crippen molar-refractivity contribution in [1.82, 2.24) is 9.55 Å². The lowest BCUT2D eigenvalue weighted by Crippen LogP contribution is -1.92. The maximum atomic E-state index is 9.54. The van der Waals surface area contributed by atoms with Crippen molar-refractivity contribution in [1.29, 1.82) is 0 Å². The van der Waals surface area contributed by atoms with Crippen molar-refractivity contribution in [3.8, 4) is 0 Å². The van der Waals surface area contributed by atoms with E-state index in [2.05, 4.69) is 11.6 Å². The molecule has 0 aliphatic carbocycles. The second-order valence-electron chi connectivity index (χ2n) is 3.22. The fourth-order valence-electron chi connectivity index (χ4n) is 1.31. The van der Waals surface area contributed by atoms with Crippen molar-refractivity contribution in [3.63, 3.8) is 0 Å². The predicted molar refractivity (Wildman–Crippen MR) is 60.8 cm³/mol. The molecule has 15 heavy (non-hydrogen) atoms. The smallest absolute Gasteiger partial charge is 0.106 e. The minimum Gasteiger partial charge on any atom is -0.383 e. The SMILES string of the molecule is C=CC(O)c1ccc(Cn2ccnc2)s1. The zero-order valence-electron chi connectivity index (χ0n) is 8.21. The summed E-state index contributed by atoms with van der Waals surface area (Å²) >= 11 is 1.59. The molecule has 2 aromatic heterocycles. The van der Waals surface area contributed by atoms with E-state index in [1.165, 1.54) is 11.0 Å². The van der Waals surface area contributed by atoms with Crippen LogP contribution in [-0.2, 0) is 6.54 Å². The van der Waals surface area contributed by atoms with Crippen LogP contribution in [0, 0.1) is 0 Å². The van der Waals surface area contributed by atoms with Crippen LogP contribution < -0.4 is 0 Å². The van der Waals surface area contributed by atoms with Gasteiger partial charge in [0.25, 0.3) is 0 Å². The Morgan fingerprint density at radius 2 is 2.47 bits per heavy atom. The van der Waals surface area contributed by atoms with Gasteiger partial charge in [0.15, 0.2) is 0 Å². The Hall–Kier alpha value is -1.39. The summed E-state index contributed by atoms with van der Waals surface area (Å²) in [6, 6.07) is 3.95. The van der Waals surface area contributed by atoms with E-state index in [0.29, 0.717) is 0 Å². The third kappa shape index (κ3) is 2.34. The summed E-state index contributed by atoms with van der Waals surface area (Å²) in [5, 5.41) is 9.54. The van der Waals surface area contributed by atoms with Crippen molar-refractivity contribution in [2.75, 3.05) is 0 Å². The summed E-state index contributed by atoms with van der Waals surface area (Å²) in [4.78, 5) is 6.11. The Bertz CT molecular complexity index is 433. The molecule has 0 aliphatic heterocycles. The standard InChI is InChI=1S/C11H12N2OS/c1-2-10(14)11-4-3-9(15-11)7-13-6-5-12-8-13/h2-6,8,10,14H,1,7H2. The van der Waals surface area contributed by atoms with E-state index in [4.69, 9.17) is 0 Å². The van der Waals surface area contributed by atoms with E-state index < -0.39 is 6.10 Å². The van der Waals surface area contributed by atoms with E-state index in [1.807, 2.05) is 22.9 Å². The van der Waals surface area contributed by atoms with Gasteiger partial charge in [-0.15, -0.1) is 17.9 Å². The number of hydrogen-bond acceptors (Lipinski definition) is 3. The van der Waals surface area contributed by atoms with Crippen LogP contribution in [0.25, 0.3) is 0 Å². The first-order valence-corrected chi connectivity index (χ1v) is 5.46. The number of imidazole rings is 1. The minimum atomic E-state index is -0.550. The van der Waals surface area contributed by atoms with E-state index in [9.17, 15) is 5.11 Å². The van der Waals surface area contributed by atoms with Crippen LogP contribution in [-0.4, -0.2) is 14.7 Å². The molecule has 0 spiro atoms. The Morgan fingerprint density at radius 3 is 3.13 bits per heavy atom. The van der Waals surface area contributed by atoms with E-state index in [1.54, 1.807) is 23.9 Å². The van der Waals surface area contributed by atoms with E-state index in [-0.39, 0.29) is 0 Å². The molecule has 0 saturated heterocycles. The Labute approximate surface area is 92.3 Å². The van der Waals surface area contributed by atoms with E-state index >= 15 is 0 Å². The topological polar surface area (TPSA) is 38.0 Å². The van der Waals surface area contributed by atoms with Crippen molar-refractivity contribution in [2.24, 2.45) is 0 Å². The van der Waals surface area contributed by atoms with Gasteiger partial charge in [0.1, 0.15) is 6.10 Å². The number of aliphatic hydroxyl groups excluding tert-OH is 1. The van der Waals surface area contributed by atoms with Gasteiger partial charge in [-0.05, 0) is 12.1 Å². The molecule has 0 fully saturated rings. The highest BCUT2D eigenvalue weighted by Gasteiger charge is 2.06. The van der Waals surface area contributed by atoms with Crippen molar-refractivity contribution < 1.29 is 5.11 Å². The van der Waals surface area contributed by atoms with Gasteiger partial charge in [0.05, 0.1) is 12.9 Å². The van der Waals surface area contributed by atoms with Gasteiger partial charge in [-0.2, -0.15) is 0 Å². The van der Waals surface area contributed by atoms with Gasteiger partial charge in [-0.1, -0.05) is 6.08 Å². The van der Waals surface area contributed by atoms with Gasteiger partial charge in [-0.25, -0.2) is 4.98 Å². The molecule has 0 aromatic carbocycles. The molecule has 2 aromatic rings. The molecular formula is C11H12N2OS. The van der Waals surface area contributed by atoms with Crippen molar-refractivity contribution >= 4 is 11.3 Å². The molecule has 0 amide bonds. The fourth-order valence-corrected chi connectivity index (χ4v) is 2.32. The normalized spacial score (nSPS) is 12.6. The van der Waals surface area contributed by atoms with Crippen molar-refractivity contribution in [3.05, 3.63) is 53.3 Å². The fraction of sp³-hybridized carbons (Fsp3) is 0.182. The molecule has 1 unspecified atom stereocenters. The largest absolute Gasteiger partial charge is 0.383 e. The van der Waals surface area contributed by atoms with Gasteiger partial charge < -0.3 is 9.67 Å². The first-order valence-electron chi connectivity index (χ1n) is 4.64. The third-order valence-electron chi connectivity index (χ3n) is 2.09. The molecule has 4 heteroatoms. The summed E-state index contributed by atoms with van der Waals surface area (Å²) in [6.45, 7) is 4.36. The monoisotopic (exact) mass is 220 g/mol. The molecule has 2 heterocycles. The van der Waals surface area contributed by atoms with Crippen LogP contribution in [0.2, 0.25) is 0 Å². The summed E-state index contributed by atoms with van der Waals surface area (Å²) in [6.07, 6.45) is 6.44. The quantitative estimate of drug-likeness (QED) is 0.802. The highest BCUT2D eigenvalue weighted by Crippen LogP contribution is 2.24. The molecule has 1 atom stereocenters. The summed E-state index contributed by atoms with van der Waals surface area (Å²) in [5.74, 6) is 0. The molecule has 3 nitrogen and oxygen atoms in total. The number of hydrogen-bond donors (Lipinski definition) is 1. The highest BCUT2D eigenvalue weighted by molar-refractivity contribution is 7.12. The van der Waals surface area contributed by atoms with Crippen LogP contribution in [0.3, 0.4) is 0 Å². The van der Waals surface area contributed by atoms with Crippen LogP contribution in [0.5, 0.6) is 0 Å². The lowest BCUT2D eigenvalue weighted by atomic mass is 10.3. The number of aromatic nitrogens is 2. The zero-order chi connectivity index (χ0) is 10.7. The summed E-state index contributed by atoms with van der Waals surface area (Å²) in [7, 11) is 0. The van der Waals surface area contributed by atoms with Crippen molar-refractivity contribution in [2.45, 2.75) is 12.6 Å². The number of aliphatic hydroxyl groups is 1. The average molecular weight is 220 g/mol. The maximum absolute atomic E-state index is 9.54. The zero-order valence-corrected chi connectivity index (χ0v) is 9.02. The first-order chi connectivity index (χ1) is 7.29. The summed E-state index contributed by atoms with van der Waals surface area (Å²) in [5.41, 5.74) is 0. The van der Waals surface area contributed by atoms with Gasteiger partial charge in [-0.3, -0.25) is 0 Å². The van der Waals surface area contributed by atoms with E-state index in [0.717, 1.165) is 11.4 Å². The third-order valence-corrected chi connectivity index (χ3v) is 3.24. The lowest BCUT2D eigenvalue weighted by molar-refractivity contribution is 0.233. The first kappa shape index (κ1) is 10.1. The van der Waals surface area contributed by atoms with Crippen LogP contribution in [0.4, 0.5) is 0 Å². The molecule has 1 N–H and O–H groups in total. The Balaban J connectivity index is 2.10. The molecule has 0 bridgehead atoms. The second kappa shape index (κ2) is 4.42. The second-order valence-corrected chi connectivity index (χ2v) is 4.42. The number of thiophene rings is 1. The number of rotatable bonds is 4. The van der Waals surface area contributed by atoms with Crippen LogP contribution >= 0.6 is 11.3 Å². The van der Waals surface area contributed by atoms with Crippen LogP contribution in [0.1, 0.15) is 15.9 Å². The maximum Gasteiger partial charge on any atom is 0.106 e. The molecule has 2 rings (SSSR count). The summed E-state index contributed by atoms with van der Waals surface area (Å²) < 4.78 is 2.00. The molecular weight excluding hydrogens is 208 g/mol. The minimum absolute atomic E-state index is 0.550. The predicted octanol–water partition coefficient (Wildman–Crippen LogP) is 2.21. The highest BCUT2D eigenvalue weighted by atomic mass is 32.1. The molecule has 0 saturated carbocycles. The Kier molecular flexibility index (Phi) is 2.99. The van der Waals surface area contributed by atoms with Gasteiger partial charge in [0, 0.05) is 22.1 Å². The average Bonchev–Trinajstić information content (AvgIpc) is 2.88. The Morgan fingerprint density at radius 1 is 1.60 bits per heavy atom. The van der Waals surface area contributed by atoms with Crippen LogP contribution in [0.15, 0.2) is 43.5 Å². The lowest BCUT2D eigenvalue weighted by Gasteiger charge is -2.00. The number of nitrogens with zero attached hydrogens (tertiary/aromatic N) is 2. The van der Waals surface area contributed by atoms with Gasteiger partial charge in [0.2, 0.25) is 0 Å². The molecule has 0 radical (unpaired) electrons. The van der Waals surface area contributed by atoms with Gasteiger partial charge >= 0.3 is 0 Å².